The highest BCUT2D eigenvalue weighted by molar-refractivity contribution is 5.94. The molecule has 2 amide bonds. The maximum atomic E-state index is 12.0. The van der Waals surface area contributed by atoms with Crippen molar-refractivity contribution in [3.63, 3.8) is 0 Å². The van der Waals surface area contributed by atoms with E-state index in [1.165, 1.54) is 0 Å². The Morgan fingerprint density at radius 2 is 2.25 bits per heavy atom. The van der Waals surface area contributed by atoms with E-state index in [9.17, 15) is 9.59 Å². The summed E-state index contributed by atoms with van der Waals surface area (Å²) in [4.78, 5) is 25.0. The van der Waals surface area contributed by atoms with Crippen molar-refractivity contribution in [2.45, 2.75) is 38.8 Å². The van der Waals surface area contributed by atoms with E-state index in [1.54, 1.807) is 12.0 Å². The molecule has 5 nitrogen and oxygen atoms in total. The number of hydrogen-bond acceptors (Lipinski definition) is 3. The molecule has 0 aliphatic carbocycles. The van der Waals surface area contributed by atoms with Crippen molar-refractivity contribution in [3.05, 3.63) is 0 Å². The molecule has 0 aromatic heterocycles. The van der Waals surface area contributed by atoms with Gasteiger partial charge in [0.1, 0.15) is 6.04 Å². The Hall–Kier alpha value is -1.10. The van der Waals surface area contributed by atoms with Crippen LogP contribution in [-0.4, -0.2) is 49.1 Å². The van der Waals surface area contributed by atoms with Crippen LogP contribution in [0.5, 0.6) is 0 Å². The molecule has 1 N–H and O–H groups in total. The molecule has 1 rings (SSSR count). The Kier molecular flexibility index (Phi) is 4.73. The zero-order chi connectivity index (χ0) is 12.1. The van der Waals surface area contributed by atoms with Gasteiger partial charge < -0.3 is 15.0 Å². The molecule has 5 heteroatoms. The van der Waals surface area contributed by atoms with Crippen molar-refractivity contribution in [2.24, 2.45) is 0 Å². The van der Waals surface area contributed by atoms with Gasteiger partial charge in [-0.05, 0) is 13.3 Å². The number of nitrogens with one attached hydrogen (secondary N) is 1. The van der Waals surface area contributed by atoms with Crippen molar-refractivity contribution in [2.75, 3.05) is 20.2 Å². The van der Waals surface area contributed by atoms with Gasteiger partial charge in [-0.25, -0.2) is 0 Å². The molecular formula is C11H20N2O3. The van der Waals surface area contributed by atoms with E-state index in [4.69, 9.17) is 4.74 Å². The molecular weight excluding hydrogens is 208 g/mol. The van der Waals surface area contributed by atoms with Crippen LogP contribution in [0.1, 0.15) is 26.7 Å². The first-order chi connectivity index (χ1) is 7.58. The first-order valence-corrected chi connectivity index (χ1v) is 5.69. The van der Waals surface area contributed by atoms with Gasteiger partial charge in [-0.15, -0.1) is 0 Å². The third-order valence-electron chi connectivity index (χ3n) is 2.74. The summed E-state index contributed by atoms with van der Waals surface area (Å²) >= 11 is 0. The first kappa shape index (κ1) is 13.0. The molecule has 92 valence electrons. The van der Waals surface area contributed by atoms with E-state index < -0.39 is 0 Å². The second kappa shape index (κ2) is 5.84. The van der Waals surface area contributed by atoms with Gasteiger partial charge in [-0.2, -0.15) is 0 Å². The summed E-state index contributed by atoms with van der Waals surface area (Å²) in [6.45, 7) is 4.50. The van der Waals surface area contributed by atoms with E-state index >= 15 is 0 Å². The predicted octanol–water partition coefficient (Wildman–Crippen LogP) is 0.148. The lowest BCUT2D eigenvalue weighted by Crippen LogP contribution is -2.59. The number of amides is 2. The normalized spacial score (nSPS) is 23.2. The molecule has 1 fully saturated rings. The molecule has 0 spiro atoms. The van der Waals surface area contributed by atoms with E-state index in [0.29, 0.717) is 13.0 Å². The summed E-state index contributed by atoms with van der Waals surface area (Å²) in [7, 11) is 1.60. The smallest absolute Gasteiger partial charge is 0.245 e. The average molecular weight is 228 g/mol. The second-order valence-electron chi connectivity index (χ2n) is 4.17. The number of nitrogens with zero attached hydrogens (tertiary/aromatic N) is 1. The summed E-state index contributed by atoms with van der Waals surface area (Å²) in [5.74, 6) is -0.0771. The Morgan fingerprint density at radius 1 is 1.56 bits per heavy atom. The summed E-state index contributed by atoms with van der Waals surface area (Å²) < 4.78 is 5.11. The molecule has 16 heavy (non-hydrogen) atoms. The monoisotopic (exact) mass is 228 g/mol. The molecule has 0 bridgehead atoms. The molecule has 2 unspecified atom stereocenters. The largest absolute Gasteiger partial charge is 0.380 e. The first-order valence-electron chi connectivity index (χ1n) is 5.69. The van der Waals surface area contributed by atoms with Crippen LogP contribution in [0.15, 0.2) is 0 Å². The van der Waals surface area contributed by atoms with Crippen LogP contribution >= 0.6 is 0 Å². The molecule has 2 atom stereocenters. The van der Waals surface area contributed by atoms with Gasteiger partial charge in [-0.1, -0.05) is 13.3 Å². The minimum atomic E-state index is -0.352. The number of ether oxygens (including phenoxy) is 1. The van der Waals surface area contributed by atoms with Crippen LogP contribution < -0.4 is 5.32 Å². The van der Waals surface area contributed by atoms with E-state index in [-0.39, 0.29) is 30.5 Å². The molecule has 0 aromatic carbocycles. The highest BCUT2D eigenvalue weighted by Crippen LogP contribution is 2.09. The molecule has 1 saturated heterocycles. The highest BCUT2D eigenvalue weighted by Gasteiger charge is 2.32. The van der Waals surface area contributed by atoms with E-state index in [0.717, 1.165) is 6.42 Å². The van der Waals surface area contributed by atoms with E-state index in [1.807, 2.05) is 13.8 Å². The van der Waals surface area contributed by atoms with Gasteiger partial charge in [0.05, 0.1) is 12.6 Å². The lowest BCUT2D eigenvalue weighted by molar-refractivity contribution is -0.145. The molecule has 0 saturated carbocycles. The third-order valence-corrected chi connectivity index (χ3v) is 2.74. The number of carbonyl (C=O) groups is 2. The van der Waals surface area contributed by atoms with Crippen LogP contribution in [0.3, 0.4) is 0 Å². The number of carbonyl (C=O) groups excluding carboxylic acids is 2. The average Bonchev–Trinajstić information content (AvgIpc) is 2.25. The SMILES string of the molecule is CCCC1NC(=O)CN(CC(C)OC)C1=O. The van der Waals surface area contributed by atoms with Gasteiger partial charge in [0.25, 0.3) is 0 Å². The predicted molar refractivity (Wildman–Crippen MR) is 59.9 cm³/mol. The zero-order valence-corrected chi connectivity index (χ0v) is 10.2. The van der Waals surface area contributed by atoms with Crippen molar-refractivity contribution in [3.8, 4) is 0 Å². The van der Waals surface area contributed by atoms with Crippen LogP contribution in [0, 0.1) is 0 Å². The van der Waals surface area contributed by atoms with Gasteiger partial charge in [0.15, 0.2) is 0 Å². The quantitative estimate of drug-likeness (QED) is 0.728. The fourth-order valence-electron chi connectivity index (χ4n) is 1.80. The highest BCUT2D eigenvalue weighted by atomic mass is 16.5. The van der Waals surface area contributed by atoms with Crippen molar-refractivity contribution in [1.29, 1.82) is 0 Å². The third kappa shape index (κ3) is 3.20. The Labute approximate surface area is 96.1 Å². The van der Waals surface area contributed by atoms with Crippen molar-refractivity contribution >= 4 is 11.8 Å². The fourth-order valence-corrected chi connectivity index (χ4v) is 1.80. The molecule has 0 radical (unpaired) electrons. The lowest BCUT2D eigenvalue weighted by Gasteiger charge is -2.33. The zero-order valence-electron chi connectivity index (χ0n) is 10.2. The second-order valence-corrected chi connectivity index (χ2v) is 4.17. The van der Waals surface area contributed by atoms with Gasteiger partial charge in [-0.3, -0.25) is 9.59 Å². The van der Waals surface area contributed by atoms with Gasteiger partial charge in [0, 0.05) is 13.7 Å². The summed E-state index contributed by atoms with van der Waals surface area (Å²) in [6, 6.07) is -0.352. The van der Waals surface area contributed by atoms with Crippen LogP contribution in [-0.2, 0) is 14.3 Å². The Morgan fingerprint density at radius 3 is 2.81 bits per heavy atom. The van der Waals surface area contributed by atoms with Crippen LogP contribution in [0.2, 0.25) is 0 Å². The molecule has 1 heterocycles. The number of hydrogen-bond donors (Lipinski definition) is 1. The standard InChI is InChI=1S/C11H20N2O3/c1-4-5-9-11(15)13(6-8(2)16-3)7-10(14)12-9/h8-9H,4-7H2,1-3H3,(H,12,14). The Balaban J connectivity index is 2.61. The fraction of sp³-hybridized carbons (Fsp3) is 0.818. The Bertz CT molecular complexity index is 268. The molecule has 0 aromatic rings. The van der Waals surface area contributed by atoms with E-state index in [2.05, 4.69) is 5.32 Å². The van der Waals surface area contributed by atoms with Gasteiger partial charge >= 0.3 is 0 Å². The minimum Gasteiger partial charge on any atom is -0.380 e. The summed E-state index contributed by atoms with van der Waals surface area (Å²) in [5.41, 5.74) is 0. The number of rotatable bonds is 5. The van der Waals surface area contributed by atoms with Crippen LogP contribution in [0.25, 0.3) is 0 Å². The molecule has 1 aliphatic heterocycles. The minimum absolute atomic E-state index is 0.00495. The van der Waals surface area contributed by atoms with Crippen LogP contribution in [0.4, 0.5) is 0 Å². The molecule has 1 aliphatic rings. The number of piperazine rings is 1. The lowest BCUT2D eigenvalue weighted by atomic mass is 10.1. The topological polar surface area (TPSA) is 58.6 Å². The maximum absolute atomic E-state index is 12.0. The van der Waals surface area contributed by atoms with Crippen molar-refractivity contribution in [1.82, 2.24) is 10.2 Å². The van der Waals surface area contributed by atoms with Crippen molar-refractivity contribution < 1.29 is 14.3 Å². The van der Waals surface area contributed by atoms with Gasteiger partial charge in [0.2, 0.25) is 11.8 Å². The summed E-state index contributed by atoms with van der Waals surface area (Å²) in [5, 5.41) is 2.72. The number of methoxy groups -OCH3 is 1. The summed E-state index contributed by atoms with van der Waals surface area (Å²) in [6.07, 6.45) is 1.53. The maximum Gasteiger partial charge on any atom is 0.245 e.